The number of benzene rings is 1. The molecule has 1 amide bonds. The van der Waals surface area contributed by atoms with Crippen molar-refractivity contribution in [2.24, 2.45) is 0 Å². The molecule has 3 rings (SSSR count). The van der Waals surface area contributed by atoms with Gasteiger partial charge in [-0.2, -0.15) is 0 Å². The average molecular weight is 315 g/mol. The van der Waals surface area contributed by atoms with Crippen LogP contribution in [0.2, 0.25) is 0 Å². The van der Waals surface area contributed by atoms with Crippen LogP contribution in [0.3, 0.4) is 0 Å². The van der Waals surface area contributed by atoms with Gasteiger partial charge in [-0.1, -0.05) is 37.5 Å². The maximum atomic E-state index is 12.2. The molecule has 122 valence electrons. The largest absolute Gasteiger partial charge is 0.496 e. The van der Waals surface area contributed by atoms with Gasteiger partial charge in [-0.05, 0) is 18.9 Å². The van der Waals surface area contributed by atoms with Gasteiger partial charge in [-0.25, -0.2) is 0 Å². The molecule has 1 aromatic heterocycles. The van der Waals surface area contributed by atoms with Gasteiger partial charge in [0.15, 0.2) is 0 Å². The van der Waals surface area contributed by atoms with Gasteiger partial charge in [0.1, 0.15) is 5.75 Å². The summed E-state index contributed by atoms with van der Waals surface area (Å²) in [5.74, 6) is 0.915. The third kappa shape index (κ3) is 3.88. The first-order valence-corrected chi connectivity index (χ1v) is 8.01. The van der Waals surface area contributed by atoms with Gasteiger partial charge in [0.05, 0.1) is 13.5 Å². The summed E-state index contributed by atoms with van der Waals surface area (Å²) in [4.78, 5) is 12.2. The maximum Gasteiger partial charge on any atom is 0.309 e. The van der Waals surface area contributed by atoms with Crippen LogP contribution in [0.15, 0.2) is 28.7 Å². The number of carbonyl (C=O) groups excluding carboxylic acids is 1. The zero-order valence-corrected chi connectivity index (χ0v) is 13.2. The van der Waals surface area contributed by atoms with E-state index < -0.39 is 0 Å². The van der Waals surface area contributed by atoms with Crippen LogP contribution in [0.5, 0.6) is 5.75 Å². The maximum absolute atomic E-state index is 12.2. The number of amides is 1. The SMILES string of the molecule is COc1ccccc1Cc1nnc(C(=O)NC2CCCCC2)o1. The Morgan fingerprint density at radius 3 is 2.83 bits per heavy atom. The Bertz CT molecular complexity index is 663. The highest BCUT2D eigenvalue weighted by Gasteiger charge is 2.21. The van der Waals surface area contributed by atoms with Crippen molar-refractivity contribution in [3.05, 3.63) is 41.6 Å². The summed E-state index contributed by atoms with van der Waals surface area (Å²) in [6.07, 6.45) is 6.05. The fourth-order valence-corrected chi connectivity index (χ4v) is 2.92. The van der Waals surface area contributed by atoms with E-state index in [9.17, 15) is 4.79 Å². The first-order valence-electron chi connectivity index (χ1n) is 8.01. The van der Waals surface area contributed by atoms with Crippen molar-refractivity contribution in [1.29, 1.82) is 0 Å². The lowest BCUT2D eigenvalue weighted by Crippen LogP contribution is -2.36. The molecule has 0 bridgehead atoms. The van der Waals surface area contributed by atoms with Crippen molar-refractivity contribution in [3.63, 3.8) is 0 Å². The van der Waals surface area contributed by atoms with E-state index in [1.165, 1.54) is 6.42 Å². The normalized spacial score (nSPS) is 15.3. The van der Waals surface area contributed by atoms with Crippen molar-refractivity contribution in [3.8, 4) is 5.75 Å². The Morgan fingerprint density at radius 2 is 2.04 bits per heavy atom. The lowest BCUT2D eigenvalue weighted by molar-refractivity contribution is 0.0891. The van der Waals surface area contributed by atoms with E-state index in [2.05, 4.69) is 15.5 Å². The summed E-state index contributed by atoms with van der Waals surface area (Å²) in [7, 11) is 1.62. The molecular formula is C17H21N3O3. The van der Waals surface area contributed by atoms with E-state index in [-0.39, 0.29) is 17.8 Å². The number of ether oxygens (including phenoxy) is 1. The number of nitrogens with zero attached hydrogens (tertiary/aromatic N) is 2. The second-order valence-corrected chi connectivity index (χ2v) is 5.80. The zero-order valence-electron chi connectivity index (χ0n) is 13.2. The topological polar surface area (TPSA) is 77.2 Å². The molecule has 2 aromatic rings. The number of hydrogen-bond acceptors (Lipinski definition) is 5. The highest BCUT2D eigenvalue weighted by Crippen LogP contribution is 2.21. The van der Waals surface area contributed by atoms with E-state index in [4.69, 9.17) is 9.15 Å². The molecule has 0 atom stereocenters. The van der Waals surface area contributed by atoms with Gasteiger partial charge < -0.3 is 14.5 Å². The lowest BCUT2D eigenvalue weighted by Gasteiger charge is -2.21. The van der Waals surface area contributed by atoms with Crippen LogP contribution >= 0.6 is 0 Å². The van der Waals surface area contributed by atoms with Crippen molar-refractivity contribution in [1.82, 2.24) is 15.5 Å². The Labute approximate surface area is 135 Å². The highest BCUT2D eigenvalue weighted by molar-refractivity contribution is 5.89. The number of aromatic nitrogens is 2. The molecule has 0 saturated heterocycles. The molecule has 1 aliphatic rings. The van der Waals surface area contributed by atoms with Crippen LogP contribution in [0.4, 0.5) is 0 Å². The van der Waals surface area contributed by atoms with Crippen molar-refractivity contribution in [2.75, 3.05) is 7.11 Å². The van der Waals surface area contributed by atoms with Gasteiger partial charge in [-0.3, -0.25) is 4.79 Å². The van der Waals surface area contributed by atoms with Crippen molar-refractivity contribution >= 4 is 5.91 Å². The first-order chi connectivity index (χ1) is 11.3. The Kier molecular flexibility index (Phi) is 4.90. The fraction of sp³-hybridized carbons (Fsp3) is 0.471. The first kappa shape index (κ1) is 15.5. The predicted octanol–water partition coefficient (Wildman–Crippen LogP) is 2.73. The van der Waals surface area contributed by atoms with E-state index in [1.54, 1.807) is 7.11 Å². The summed E-state index contributed by atoms with van der Waals surface area (Å²) < 4.78 is 10.8. The van der Waals surface area contributed by atoms with E-state index >= 15 is 0 Å². The van der Waals surface area contributed by atoms with Crippen LogP contribution in [0.1, 0.15) is 54.2 Å². The number of rotatable bonds is 5. The quantitative estimate of drug-likeness (QED) is 0.918. The van der Waals surface area contributed by atoms with Crippen molar-refractivity contribution in [2.45, 2.75) is 44.6 Å². The number of nitrogens with one attached hydrogen (secondary N) is 1. The van der Waals surface area contributed by atoms with Gasteiger partial charge in [0.25, 0.3) is 0 Å². The van der Waals surface area contributed by atoms with E-state index in [0.717, 1.165) is 37.0 Å². The Balaban J connectivity index is 1.64. The Morgan fingerprint density at radius 1 is 1.26 bits per heavy atom. The summed E-state index contributed by atoms with van der Waals surface area (Å²) in [5, 5.41) is 10.8. The third-order valence-corrected chi connectivity index (χ3v) is 4.14. The monoisotopic (exact) mass is 315 g/mol. The molecule has 6 nitrogen and oxygen atoms in total. The standard InChI is InChI=1S/C17H21N3O3/c1-22-14-10-6-5-7-12(14)11-15-19-20-17(23-15)16(21)18-13-8-3-2-4-9-13/h5-7,10,13H,2-4,8-9,11H2,1H3,(H,18,21). The number of carbonyl (C=O) groups is 1. The van der Waals surface area contributed by atoms with E-state index in [0.29, 0.717) is 12.3 Å². The molecular weight excluding hydrogens is 294 g/mol. The molecule has 1 aliphatic carbocycles. The van der Waals surface area contributed by atoms with Crippen LogP contribution in [0, 0.1) is 0 Å². The number of para-hydroxylation sites is 1. The summed E-state index contributed by atoms with van der Waals surface area (Å²) >= 11 is 0. The summed E-state index contributed by atoms with van der Waals surface area (Å²) in [6.45, 7) is 0. The predicted molar refractivity (Wildman–Crippen MR) is 84.4 cm³/mol. The zero-order chi connectivity index (χ0) is 16.1. The van der Waals surface area contributed by atoms with Crippen molar-refractivity contribution < 1.29 is 13.9 Å². The molecule has 0 aliphatic heterocycles. The van der Waals surface area contributed by atoms with Gasteiger partial charge >= 0.3 is 11.8 Å². The second-order valence-electron chi connectivity index (χ2n) is 5.80. The fourth-order valence-electron chi connectivity index (χ4n) is 2.92. The molecule has 1 N–H and O–H groups in total. The molecule has 1 heterocycles. The molecule has 0 radical (unpaired) electrons. The van der Waals surface area contributed by atoms with Gasteiger partial charge in [0, 0.05) is 11.6 Å². The smallest absolute Gasteiger partial charge is 0.309 e. The molecule has 0 spiro atoms. The van der Waals surface area contributed by atoms with Crippen LogP contribution in [-0.2, 0) is 6.42 Å². The molecule has 6 heteroatoms. The molecule has 23 heavy (non-hydrogen) atoms. The number of methoxy groups -OCH3 is 1. The summed E-state index contributed by atoms with van der Waals surface area (Å²) in [6, 6.07) is 7.86. The molecule has 1 saturated carbocycles. The van der Waals surface area contributed by atoms with Crippen LogP contribution < -0.4 is 10.1 Å². The highest BCUT2D eigenvalue weighted by atomic mass is 16.5. The summed E-state index contributed by atoms with van der Waals surface area (Å²) in [5.41, 5.74) is 0.942. The van der Waals surface area contributed by atoms with E-state index in [1.807, 2.05) is 24.3 Å². The number of hydrogen-bond donors (Lipinski definition) is 1. The molecule has 1 fully saturated rings. The third-order valence-electron chi connectivity index (χ3n) is 4.14. The van der Waals surface area contributed by atoms with Gasteiger partial charge in [-0.15, -0.1) is 10.2 Å². The average Bonchev–Trinajstić information content (AvgIpc) is 3.05. The molecule has 1 aromatic carbocycles. The Hall–Kier alpha value is -2.37. The minimum Gasteiger partial charge on any atom is -0.496 e. The van der Waals surface area contributed by atoms with Crippen LogP contribution in [-0.4, -0.2) is 29.3 Å². The minimum absolute atomic E-state index is 0.0282. The van der Waals surface area contributed by atoms with Gasteiger partial charge in [0.2, 0.25) is 5.89 Å². The minimum atomic E-state index is -0.282. The molecule has 0 unspecified atom stereocenters. The lowest BCUT2D eigenvalue weighted by atomic mass is 9.95. The van der Waals surface area contributed by atoms with Crippen LogP contribution in [0.25, 0.3) is 0 Å². The second kappa shape index (κ2) is 7.26.